The molecule has 1 spiro atoms. The minimum Gasteiger partial charge on any atom is -0.383 e. The second-order valence-electron chi connectivity index (χ2n) is 6.74. The summed E-state index contributed by atoms with van der Waals surface area (Å²) in [6, 6.07) is 4.01. The van der Waals surface area contributed by atoms with Gasteiger partial charge in [-0.2, -0.15) is 0 Å². The first kappa shape index (κ1) is 14.4. The number of anilines is 2. The summed E-state index contributed by atoms with van der Waals surface area (Å²) in [5.41, 5.74) is 15.5. The topological polar surface area (TPSA) is 94.0 Å². The fraction of sp³-hybridized carbons (Fsp3) is 0.471. The molecule has 6 heteroatoms. The summed E-state index contributed by atoms with van der Waals surface area (Å²) in [5.74, 6) is 1.02. The number of nitrogens with two attached hydrogens (primary N) is 2. The zero-order chi connectivity index (χ0) is 15.9. The van der Waals surface area contributed by atoms with Crippen molar-refractivity contribution in [3.63, 3.8) is 0 Å². The molecule has 1 aliphatic heterocycles. The van der Waals surface area contributed by atoms with Crippen molar-refractivity contribution in [3.05, 3.63) is 41.3 Å². The van der Waals surface area contributed by atoms with Crippen molar-refractivity contribution >= 4 is 11.8 Å². The Hall–Kier alpha value is -2.21. The third-order valence-electron chi connectivity index (χ3n) is 5.23. The van der Waals surface area contributed by atoms with Crippen molar-refractivity contribution in [2.75, 3.05) is 24.6 Å². The Kier molecular flexibility index (Phi) is 3.41. The average Bonchev–Trinajstić information content (AvgIpc) is 2.88. The Labute approximate surface area is 135 Å². The predicted octanol–water partition coefficient (Wildman–Crippen LogP) is 1.52. The van der Waals surface area contributed by atoms with Gasteiger partial charge in [0.2, 0.25) is 5.95 Å². The normalized spacial score (nSPS) is 24.0. The second kappa shape index (κ2) is 5.45. The molecule has 0 aromatic carbocycles. The van der Waals surface area contributed by atoms with Crippen LogP contribution in [0.25, 0.3) is 0 Å². The van der Waals surface area contributed by atoms with E-state index < -0.39 is 0 Å². The van der Waals surface area contributed by atoms with E-state index in [1.807, 2.05) is 12.3 Å². The number of rotatable bonds is 2. The molecular formula is C17H22N6. The zero-order valence-electron chi connectivity index (χ0n) is 13.2. The summed E-state index contributed by atoms with van der Waals surface area (Å²) in [5, 5.41) is 0. The number of hydrogen-bond donors (Lipinski definition) is 2. The van der Waals surface area contributed by atoms with Gasteiger partial charge in [0.25, 0.3) is 0 Å². The van der Waals surface area contributed by atoms with Crippen LogP contribution in [0.2, 0.25) is 0 Å². The number of aromatic nitrogens is 3. The van der Waals surface area contributed by atoms with Crippen LogP contribution in [-0.2, 0) is 18.4 Å². The number of likely N-dealkylation sites (tertiary alicyclic amines) is 1. The number of nitrogen functional groups attached to an aromatic ring is 2. The number of aryl methyl sites for hydroxylation is 1. The Morgan fingerprint density at radius 2 is 2.13 bits per heavy atom. The van der Waals surface area contributed by atoms with Crippen LogP contribution in [0.1, 0.15) is 36.1 Å². The van der Waals surface area contributed by atoms with Crippen LogP contribution in [0.3, 0.4) is 0 Å². The van der Waals surface area contributed by atoms with Gasteiger partial charge in [0.15, 0.2) is 0 Å². The Morgan fingerprint density at radius 1 is 1.22 bits per heavy atom. The number of fused-ring (bicyclic) bond motifs is 2. The van der Waals surface area contributed by atoms with E-state index in [0.717, 1.165) is 38.0 Å². The van der Waals surface area contributed by atoms with Gasteiger partial charge in [0.05, 0.1) is 5.69 Å². The maximum absolute atomic E-state index is 6.00. The Balaban J connectivity index is 1.59. The Bertz CT molecular complexity index is 727. The number of nitrogens with zero attached hydrogens (tertiary/aromatic N) is 4. The molecular weight excluding hydrogens is 288 g/mol. The van der Waals surface area contributed by atoms with Gasteiger partial charge in [0, 0.05) is 36.5 Å². The molecule has 120 valence electrons. The molecule has 1 unspecified atom stereocenters. The van der Waals surface area contributed by atoms with E-state index in [2.05, 4.69) is 25.9 Å². The molecule has 4 N–H and O–H groups in total. The number of piperidine rings is 1. The molecule has 4 rings (SSSR count). The average molecular weight is 310 g/mol. The monoisotopic (exact) mass is 310 g/mol. The van der Waals surface area contributed by atoms with Crippen LogP contribution in [0.5, 0.6) is 0 Å². The van der Waals surface area contributed by atoms with E-state index in [-0.39, 0.29) is 5.41 Å². The summed E-state index contributed by atoms with van der Waals surface area (Å²) < 4.78 is 0. The first-order valence-electron chi connectivity index (χ1n) is 8.20. The van der Waals surface area contributed by atoms with Gasteiger partial charge in [-0.05, 0) is 43.9 Å². The molecule has 1 aliphatic carbocycles. The van der Waals surface area contributed by atoms with Crippen molar-refractivity contribution in [3.8, 4) is 0 Å². The van der Waals surface area contributed by atoms with Crippen LogP contribution in [0.15, 0.2) is 24.5 Å². The molecule has 1 saturated heterocycles. The third kappa shape index (κ3) is 2.53. The highest BCUT2D eigenvalue weighted by Gasteiger charge is 2.43. The van der Waals surface area contributed by atoms with Gasteiger partial charge in [0.1, 0.15) is 5.82 Å². The van der Waals surface area contributed by atoms with Crippen LogP contribution in [0.4, 0.5) is 11.8 Å². The molecule has 0 radical (unpaired) electrons. The number of hydrogen-bond acceptors (Lipinski definition) is 6. The lowest BCUT2D eigenvalue weighted by Gasteiger charge is -2.40. The molecule has 2 aromatic rings. The van der Waals surface area contributed by atoms with Crippen LogP contribution < -0.4 is 11.5 Å². The predicted molar refractivity (Wildman–Crippen MR) is 89.6 cm³/mol. The highest BCUT2D eigenvalue weighted by Crippen LogP contribution is 2.44. The maximum Gasteiger partial charge on any atom is 0.220 e. The van der Waals surface area contributed by atoms with Gasteiger partial charge in [-0.1, -0.05) is 6.07 Å². The summed E-state index contributed by atoms with van der Waals surface area (Å²) in [7, 11) is 0. The molecule has 3 heterocycles. The van der Waals surface area contributed by atoms with Crippen molar-refractivity contribution in [1.29, 1.82) is 0 Å². The van der Waals surface area contributed by atoms with Gasteiger partial charge in [-0.15, -0.1) is 0 Å². The van der Waals surface area contributed by atoms with E-state index in [0.29, 0.717) is 11.8 Å². The minimum atomic E-state index is 0.127. The molecule has 23 heavy (non-hydrogen) atoms. The van der Waals surface area contributed by atoms with Gasteiger partial charge < -0.3 is 11.5 Å². The van der Waals surface area contributed by atoms with Crippen LogP contribution in [-0.4, -0.2) is 32.9 Å². The van der Waals surface area contributed by atoms with Gasteiger partial charge in [-0.3, -0.25) is 4.90 Å². The summed E-state index contributed by atoms with van der Waals surface area (Å²) in [6.07, 6.45) is 8.19. The third-order valence-corrected chi connectivity index (χ3v) is 5.23. The maximum atomic E-state index is 6.00. The SMILES string of the molecule is Nc1ncc2c(n1)C1(CCCN(Cc3cccnc3N)C1)CC2. The molecule has 0 amide bonds. The largest absolute Gasteiger partial charge is 0.383 e. The van der Waals surface area contributed by atoms with E-state index in [1.165, 1.54) is 24.1 Å². The molecule has 6 nitrogen and oxygen atoms in total. The van der Waals surface area contributed by atoms with Crippen molar-refractivity contribution in [1.82, 2.24) is 19.9 Å². The molecule has 2 aliphatic rings. The van der Waals surface area contributed by atoms with E-state index in [1.54, 1.807) is 6.20 Å². The van der Waals surface area contributed by atoms with Gasteiger partial charge >= 0.3 is 0 Å². The van der Waals surface area contributed by atoms with Crippen LogP contribution in [0, 0.1) is 0 Å². The molecule has 0 bridgehead atoms. The fourth-order valence-electron chi connectivity index (χ4n) is 4.14. The lowest BCUT2D eigenvalue weighted by atomic mass is 9.77. The van der Waals surface area contributed by atoms with E-state index in [4.69, 9.17) is 11.5 Å². The highest BCUT2D eigenvalue weighted by atomic mass is 15.1. The molecule has 2 aromatic heterocycles. The molecule has 1 fully saturated rings. The van der Waals surface area contributed by atoms with Crippen molar-refractivity contribution in [2.24, 2.45) is 0 Å². The number of pyridine rings is 1. The molecule has 1 atom stereocenters. The quantitative estimate of drug-likeness (QED) is 0.873. The minimum absolute atomic E-state index is 0.127. The van der Waals surface area contributed by atoms with E-state index in [9.17, 15) is 0 Å². The smallest absolute Gasteiger partial charge is 0.220 e. The first-order valence-corrected chi connectivity index (χ1v) is 8.20. The standard InChI is InChI=1S/C17H22N6/c18-15-13(3-1-7-20-15)10-23-8-2-5-17(11-23)6-4-12-9-21-16(19)22-14(12)17/h1,3,7,9H,2,4-6,8,10-11H2,(H2,18,20)(H2,19,21,22). The van der Waals surface area contributed by atoms with Crippen molar-refractivity contribution < 1.29 is 0 Å². The summed E-state index contributed by atoms with van der Waals surface area (Å²) in [6.45, 7) is 2.94. The zero-order valence-corrected chi connectivity index (χ0v) is 13.2. The summed E-state index contributed by atoms with van der Waals surface area (Å²) >= 11 is 0. The second-order valence-corrected chi connectivity index (χ2v) is 6.74. The molecule has 0 saturated carbocycles. The van der Waals surface area contributed by atoms with Crippen LogP contribution >= 0.6 is 0 Å². The Morgan fingerprint density at radius 3 is 3.00 bits per heavy atom. The first-order chi connectivity index (χ1) is 11.2. The lowest BCUT2D eigenvalue weighted by Crippen LogP contribution is -2.45. The fourth-order valence-corrected chi connectivity index (χ4v) is 4.14. The van der Waals surface area contributed by atoms with E-state index >= 15 is 0 Å². The summed E-state index contributed by atoms with van der Waals surface area (Å²) in [4.78, 5) is 15.4. The highest BCUT2D eigenvalue weighted by molar-refractivity contribution is 5.39. The van der Waals surface area contributed by atoms with Gasteiger partial charge in [-0.25, -0.2) is 15.0 Å². The lowest BCUT2D eigenvalue weighted by molar-refractivity contribution is 0.137. The van der Waals surface area contributed by atoms with Crippen molar-refractivity contribution in [2.45, 2.75) is 37.6 Å².